The van der Waals surface area contributed by atoms with Gasteiger partial charge in [-0.25, -0.2) is 14.4 Å². The molecule has 1 aromatic carbocycles. The molecule has 0 unspecified atom stereocenters. The molecule has 0 spiro atoms. The van der Waals surface area contributed by atoms with Crippen molar-refractivity contribution in [2.75, 3.05) is 18.2 Å². The molecule has 0 aliphatic rings. The third-order valence-corrected chi connectivity index (χ3v) is 4.47. The number of nitrogens with one attached hydrogen (secondary N) is 1. The summed E-state index contributed by atoms with van der Waals surface area (Å²) < 4.78 is 18.7. The van der Waals surface area contributed by atoms with Crippen molar-refractivity contribution in [2.45, 2.75) is 38.8 Å². The molecule has 2 aromatic rings. The van der Waals surface area contributed by atoms with Crippen LogP contribution in [0.3, 0.4) is 0 Å². The second kappa shape index (κ2) is 9.45. The molecule has 144 valence electrons. The van der Waals surface area contributed by atoms with E-state index in [4.69, 9.17) is 4.74 Å². The van der Waals surface area contributed by atoms with Gasteiger partial charge in [-0.3, -0.25) is 9.59 Å². The number of thioether (sulfide) groups is 1. The second-order valence-electron chi connectivity index (χ2n) is 6.05. The molecule has 27 heavy (non-hydrogen) atoms. The van der Waals surface area contributed by atoms with Gasteiger partial charge < -0.3 is 10.1 Å². The van der Waals surface area contributed by atoms with Gasteiger partial charge in [-0.15, -0.1) is 0 Å². The first-order chi connectivity index (χ1) is 12.8. The zero-order chi connectivity index (χ0) is 20.0. The number of amides is 1. The minimum Gasteiger partial charge on any atom is -0.456 e. The number of carbonyl (C=O) groups excluding carboxylic acids is 2. The van der Waals surface area contributed by atoms with Gasteiger partial charge in [0, 0.05) is 17.8 Å². The predicted octanol–water partition coefficient (Wildman–Crippen LogP) is 3.38. The fourth-order valence-electron chi connectivity index (χ4n) is 2.51. The Hall–Kier alpha value is -2.48. The number of ether oxygens (including phenoxy) is 1. The number of hydrogen-bond donors (Lipinski definition) is 1. The first-order valence-corrected chi connectivity index (χ1v) is 9.62. The average molecular weight is 391 g/mol. The summed E-state index contributed by atoms with van der Waals surface area (Å²) in [6, 6.07) is 4.46. The van der Waals surface area contributed by atoms with Crippen LogP contribution in [0.5, 0.6) is 0 Å². The highest BCUT2D eigenvalue weighted by Crippen LogP contribution is 2.17. The van der Waals surface area contributed by atoms with E-state index in [0.717, 1.165) is 22.5 Å². The number of aromatic nitrogens is 2. The van der Waals surface area contributed by atoms with Crippen molar-refractivity contribution in [3.8, 4) is 0 Å². The number of nitrogens with zero attached hydrogens (tertiary/aromatic N) is 2. The van der Waals surface area contributed by atoms with Crippen LogP contribution in [0.15, 0.2) is 23.4 Å². The Bertz CT molecular complexity index is 835. The summed E-state index contributed by atoms with van der Waals surface area (Å²) in [5, 5.41) is 3.08. The van der Waals surface area contributed by atoms with Crippen LogP contribution in [-0.4, -0.2) is 34.7 Å². The summed E-state index contributed by atoms with van der Waals surface area (Å²) in [5.74, 6) is -1.64. The Kier molecular flexibility index (Phi) is 7.29. The quantitative estimate of drug-likeness (QED) is 0.443. The normalized spacial score (nSPS) is 10.6. The summed E-state index contributed by atoms with van der Waals surface area (Å²) in [7, 11) is 0. The molecule has 1 amide bonds. The molecule has 8 heteroatoms. The number of rotatable bonds is 7. The summed E-state index contributed by atoms with van der Waals surface area (Å²) in [6.07, 6.45) is 2.44. The van der Waals surface area contributed by atoms with Gasteiger partial charge in [0.1, 0.15) is 5.82 Å². The maximum Gasteiger partial charge on any atom is 0.306 e. The van der Waals surface area contributed by atoms with Gasteiger partial charge in [0.25, 0.3) is 5.91 Å². The number of carbonyl (C=O) groups is 2. The van der Waals surface area contributed by atoms with Crippen LogP contribution < -0.4 is 5.32 Å². The van der Waals surface area contributed by atoms with E-state index in [-0.39, 0.29) is 12.1 Å². The van der Waals surface area contributed by atoms with Crippen LogP contribution >= 0.6 is 11.8 Å². The highest BCUT2D eigenvalue weighted by atomic mass is 32.2. The molecule has 0 fully saturated rings. The smallest absolute Gasteiger partial charge is 0.306 e. The van der Waals surface area contributed by atoms with Crippen molar-refractivity contribution < 1.29 is 18.7 Å². The Morgan fingerprint density at radius 1 is 1.19 bits per heavy atom. The highest BCUT2D eigenvalue weighted by Gasteiger charge is 2.13. The Morgan fingerprint density at radius 3 is 2.44 bits per heavy atom. The van der Waals surface area contributed by atoms with E-state index in [1.807, 2.05) is 20.1 Å². The van der Waals surface area contributed by atoms with Crippen LogP contribution in [0.1, 0.15) is 28.9 Å². The zero-order valence-corrected chi connectivity index (χ0v) is 16.6. The molecule has 1 N–H and O–H groups in total. The van der Waals surface area contributed by atoms with Crippen molar-refractivity contribution >= 4 is 29.3 Å². The van der Waals surface area contributed by atoms with Gasteiger partial charge in [-0.1, -0.05) is 17.8 Å². The first-order valence-electron chi connectivity index (χ1n) is 8.40. The minimum absolute atomic E-state index is 0.0546. The number of halogens is 1. The lowest BCUT2D eigenvalue weighted by Crippen LogP contribution is -2.21. The van der Waals surface area contributed by atoms with E-state index < -0.39 is 24.3 Å². The molecule has 0 saturated heterocycles. The lowest BCUT2D eigenvalue weighted by Gasteiger charge is -2.10. The molecular weight excluding hydrogens is 369 g/mol. The molecule has 0 aliphatic carbocycles. The van der Waals surface area contributed by atoms with E-state index in [0.29, 0.717) is 11.6 Å². The fourth-order valence-corrected chi connectivity index (χ4v) is 2.97. The van der Waals surface area contributed by atoms with Crippen LogP contribution in [0.4, 0.5) is 10.1 Å². The molecule has 0 saturated carbocycles. The molecule has 0 atom stereocenters. The van der Waals surface area contributed by atoms with Gasteiger partial charge in [0.15, 0.2) is 11.8 Å². The number of benzene rings is 1. The second-order valence-corrected chi connectivity index (χ2v) is 6.83. The summed E-state index contributed by atoms with van der Waals surface area (Å²) in [6.45, 7) is 5.03. The number of aryl methyl sites for hydroxylation is 3. The monoisotopic (exact) mass is 391 g/mol. The van der Waals surface area contributed by atoms with Crippen molar-refractivity contribution in [1.29, 1.82) is 0 Å². The van der Waals surface area contributed by atoms with Crippen molar-refractivity contribution in [3.05, 3.63) is 46.5 Å². The number of hydrogen-bond acceptors (Lipinski definition) is 6. The minimum atomic E-state index is -0.592. The maximum absolute atomic E-state index is 13.7. The fraction of sp³-hybridized carbons (Fsp3) is 0.368. The van der Waals surface area contributed by atoms with E-state index in [1.54, 1.807) is 13.0 Å². The lowest BCUT2D eigenvalue weighted by atomic mass is 10.1. The Balaban J connectivity index is 1.83. The molecular formula is C19H22FN3O3S. The molecule has 6 nitrogen and oxygen atoms in total. The summed E-state index contributed by atoms with van der Waals surface area (Å²) >= 11 is 1.46. The number of anilines is 1. The van der Waals surface area contributed by atoms with E-state index >= 15 is 0 Å². The topological polar surface area (TPSA) is 81.2 Å². The summed E-state index contributed by atoms with van der Waals surface area (Å²) in [5.41, 5.74) is 3.35. The lowest BCUT2D eigenvalue weighted by molar-refractivity contribution is -0.147. The van der Waals surface area contributed by atoms with E-state index in [9.17, 15) is 14.0 Å². The molecule has 0 radical (unpaired) electrons. The van der Waals surface area contributed by atoms with Gasteiger partial charge in [-0.05, 0) is 56.7 Å². The van der Waals surface area contributed by atoms with Crippen molar-refractivity contribution in [3.63, 3.8) is 0 Å². The standard InChI is InChI=1S/C19H22FN3O3S/c1-11-5-7-16(15(20)9-11)23-17(24)10-26-18(25)8-6-14-12(2)21-19(27-4)22-13(14)3/h5,7,9H,6,8,10H2,1-4H3,(H,23,24). The van der Waals surface area contributed by atoms with Gasteiger partial charge in [-0.2, -0.15) is 0 Å². The first kappa shape index (κ1) is 20.8. The van der Waals surface area contributed by atoms with Crippen molar-refractivity contribution in [1.82, 2.24) is 9.97 Å². The Labute approximate surface area is 161 Å². The molecule has 1 aromatic heterocycles. The van der Waals surface area contributed by atoms with Crippen LogP contribution in [0.2, 0.25) is 0 Å². The van der Waals surface area contributed by atoms with E-state index in [1.165, 1.54) is 23.9 Å². The van der Waals surface area contributed by atoms with Gasteiger partial charge in [0.2, 0.25) is 0 Å². The van der Waals surface area contributed by atoms with Crippen molar-refractivity contribution in [2.24, 2.45) is 0 Å². The molecule has 0 bridgehead atoms. The highest BCUT2D eigenvalue weighted by molar-refractivity contribution is 7.98. The molecule has 0 aliphatic heterocycles. The summed E-state index contributed by atoms with van der Waals surface area (Å²) in [4.78, 5) is 32.5. The van der Waals surface area contributed by atoms with Gasteiger partial charge >= 0.3 is 5.97 Å². The number of esters is 1. The van der Waals surface area contributed by atoms with Gasteiger partial charge in [0.05, 0.1) is 5.69 Å². The zero-order valence-electron chi connectivity index (χ0n) is 15.8. The third kappa shape index (κ3) is 6.02. The Morgan fingerprint density at radius 2 is 1.85 bits per heavy atom. The van der Waals surface area contributed by atoms with Crippen LogP contribution in [-0.2, 0) is 20.7 Å². The van der Waals surface area contributed by atoms with E-state index in [2.05, 4.69) is 15.3 Å². The molecule has 1 heterocycles. The van der Waals surface area contributed by atoms with Crippen LogP contribution in [0, 0.1) is 26.6 Å². The third-order valence-electron chi connectivity index (χ3n) is 3.92. The molecule has 2 rings (SSSR count). The largest absolute Gasteiger partial charge is 0.456 e. The average Bonchev–Trinajstić information content (AvgIpc) is 2.61. The predicted molar refractivity (Wildman–Crippen MR) is 102 cm³/mol. The SMILES string of the molecule is CSc1nc(C)c(CCC(=O)OCC(=O)Nc2ccc(C)cc2F)c(C)n1. The maximum atomic E-state index is 13.7. The van der Waals surface area contributed by atoms with Crippen LogP contribution in [0.25, 0.3) is 0 Å².